The quantitative estimate of drug-likeness (QED) is 0.672. The minimum absolute atomic E-state index is 0.200. The molecule has 1 saturated heterocycles. The number of hydrogen-bond donors (Lipinski definition) is 2. The molecule has 3 heteroatoms. The van der Waals surface area contributed by atoms with Crippen molar-refractivity contribution in [3.63, 3.8) is 0 Å². The average molecular weight is 186 g/mol. The molecule has 1 aliphatic rings. The van der Waals surface area contributed by atoms with Gasteiger partial charge in [0.15, 0.2) is 0 Å². The third-order valence-corrected chi connectivity index (χ3v) is 2.80. The van der Waals surface area contributed by atoms with Crippen molar-refractivity contribution in [2.45, 2.75) is 32.3 Å². The molecule has 3 N–H and O–H groups in total. The second kappa shape index (κ2) is 5.58. The van der Waals surface area contributed by atoms with Gasteiger partial charge in [0.2, 0.25) is 0 Å². The summed E-state index contributed by atoms with van der Waals surface area (Å²) in [5, 5.41) is 9.25. The molecule has 3 nitrogen and oxygen atoms in total. The van der Waals surface area contributed by atoms with E-state index in [0.717, 1.165) is 26.2 Å². The van der Waals surface area contributed by atoms with Gasteiger partial charge in [-0.05, 0) is 51.7 Å². The van der Waals surface area contributed by atoms with Crippen LogP contribution in [0.5, 0.6) is 0 Å². The number of hydrogen-bond acceptors (Lipinski definition) is 3. The number of aliphatic hydroxyl groups is 1. The maximum atomic E-state index is 9.25. The van der Waals surface area contributed by atoms with E-state index < -0.39 is 0 Å². The van der Waals surface area contributed by atoms with Gasteiger partial charge < -0.3 is 15.7 Å². The lowest BCUT2D eigenvalue weighted by Crippen LogP contribution is -2.32. The molecule has 0 spiro atoms. The van der Waals surface area contributed by atoms with Gasteiger partial charge in [0, 0.05) is 6.54 Å². The minimum atomic E-state index is -0.200. The molecule has 0 radical (unpaired) electrons. The zero-order chi connectivity index (χ0) is 9.68. The van der Waals surface area contributed by atoms with Crippen molar-refractivity contribution in [3.8, 4) is 0 Å². The van der Waals surface area contributed by atoms with E-state index in [1.165, 1.54) is 19.3 Å². The lowest BCUT2D eigenvalue weighted by Gasteiger charge is -2.21. The van der Waals surface area contributed by atoms with Gasteiger partial charge in [-0.1, -0.05) is 0 Å². The molecule has 0 amide bonds. The number of rotatable bonds is 3. The van der Waals surface area contributed by atoms with Crippen LogP contribution in [0.15, 0.2) is 0 Å². The van der Waals surface area contributed by atoms with Crippen molar-refractivity contribution in [1.82, 2.24) is 4.90 Å². The molecule has 13 heavy (non-hydrogen) atoms. The molecule has 1 aliphatic heterocycles. The van der Waals surface area contributed by atoms with Crippen LogP contribution in [0.3, 0.4) is 0 Å². The van der Waals surface area contributed by atoms with Crippen molar-refractivity contribution in [2.75, 3.05) is 26.2 Å². The first-order valence-electron chi connectivity index (χ1n) is 5.33. The highest BCUT2D eigenvalue weighted by atomic mass is 16.3. The van der Waals surface area contributed by atoms with Crippen molar-refractivity contribution in [2.24, 2.45) is 11.7 Å². The highest BCUT2D eigenvalue weighted by Gasteiger charge is 2.16. The molecule has 2 unspecified atom stereocenters. The second-order valence-corrected chi connectivity index (χ2v) is 4.18. The maximum Gasteiger partial charge on any atom is 0.0639 e. The average Bonchev–Trinajstić information content (AvgIpc) is 2.29. The molecule has 2 atom stereocenters. The van der Waals surface area contributed by atoms with Crippen LogP contribution in [0.4, 0.5) is 0 Å². The maximum absolute atomic E-state index is 9.25. The van der Waals surface area contributed by atoms with Crippen LogP contribution in [0.25, 0.3) is 0 Å². The van der Waals surface area contributed by atoms with Gasteiger partial charge in [-0.15, -0.1) is 0 Å². The summed E-state index contributed by atoms with van der Waals surface area (Å²) in [6.45, 7) is 5.72. The van der Waals surface area contributed by atoms with Crippen LogP contribution in [0.2, 0.25) is 0 Å². The Kier molecular flexibility index (Phi) is 4.70. The van der Waals surface area contributed by atoms with Crippen molar-refractivity contribution in [3.05, 3.63) is 0 Å². The van der Waals surface area contributed by atoms with Crippen LogP contribution in [-0.2, 0) is 0 Å². The van der Waals surface area contributed by atoms with E-state index in [9.17, 15) is 5.11 Å². The summed E-state index contributed by atoms with van der Waals surface area (Å²) >= 11 is 0. The summed E-state index contributed by atoms with van der Waals surface area (Å²) < 4.78 is 0. The Morgan fingerprint density at radius 1 is 1.46 bits per heavy atom. The van der Waals surface area contributed by atoms with Gasteiger partial charge in [-0.25, -0.2) is 0 Å². The van der Waals surface area contributed by atoms with Gasteiger partial charge in [-0.3, -0.25) is 0 Å². The predicted octanol–water partition coefficient (Wildman–Crippen LogP) is 0.428. The Bertz CT molecular complexity index is 139. The van der Waals surface area contributed by atoms with E-state index in [1.807, 2.05) is 6.92 Å². The molecule has 78 valence electrons. The van der Waals surface area contributed by atoms with Gasteiger partial charge in [0.1, 0.15) is 0 Å². The zero-order valence-corrected chi connectivity index (χ0v) is 8.58. The summed E-state index contributed by atoms with van der Waals surface area (Å²) in [6, 6.07) is 0. The first-order chi connectivity index (χ1) is 6.22. The van der Waals surface area contributed by atoms with Gasteiger partial charge in [0.05, 0.1) is 6.10 Å². The summed E-state index contributed by atoms with van der Waals surface area (Å²) in [5.74, 6) is 0.707. The normalized spacial score (nSPS) is 28.4. The van der Waals surface area contributed by atoms with E-state index in [0.29, 0.717) is 5.92 Å². The Morgan fingerprint density at radius 3 is 2.85 bits per heavy atom. The molecule has 0 bridgehead atoms. The van der Waals surface area contributed by atoms with Crippen molar-refractivity contribution < 1.29 is 5.11 Å². The third-order valence-electron chi connectivity index (χ3n) is 2.80. The van der Waals surface area contributed by atoms with Crippen LogP contribution in [0.1, 0.15) is 26.2 Å². The van der Waals surface area contributed by atoms with E-state index in [-0.39, 0.29) is 6.10 Å². The van der Waals surface area contributed by atoms with Gasteiger partial charge in [-0.2, -0.15) is 0 Å². The Morgan fingerprint density at radius 2 is 2.23 bits per heavy atom. The third kappa shape index (κ3) is 4.07. The minimum Gasteiger partial charge on any atom is -0.392 e. The largest absolute Gasteiger partial charge is 0.392 e. The molecule has 0 aromatic heterocycles. The Labute approximate surface area is 80.9 Å². The lowest BCUT2D eigenvalue weighted by molar-refractivity contribution is 0.128. The SMILES string of the molecule is CC(O)CN1CCCC(CN)CC1. The van der Waals surface area contributed by atoms with Crippen LogP contribution >= 0.6 is 0 Å². The van der Waals surface area contributed by atoms with Gasteiger partial charge in [0.25, 0.3) is 0 Å². The highest BCUT2D eigenvalue weighted by Crippen LogP contribution is 2.16. The fourth-order valence-corrected chi connectivity index (χ4v) is 2.02. The molecule has 1 heterocycles. The molecule has 0 saturated carbocycles. The fraction of sp³-hybridized carbons (Fsp3) is 1.00. The highest BCUT2D eigenvalue weighted by molar-refractivity contribution is 4.71. The number of likely N-dealkylation sites (tertiary alicyclic amines) is 1. The summed E-state index contributed by atoms with van der Waals surface area (Å²) in [5.41, 5.74) is 5.65. The number of nitrogens with zero attached hydrogens (tertiary/aromatic N) is 1. The van der Waals surface area contributed by atoms with E-state index in [4.69, 9.17) is 5.73 Å². The predicted molar refractivity (Wildman–Crippen MR) is 54.5 cm³/mol. The topological polar surface area (TPSA) is 49.5 Å². The standard InChI is InChI=1S/C10H22N2O/c1-9(13)8-12-5-2-3-10(7-11)4-6-12/h9-10,13H,2-8,11H2,1H3. The number of β-amino-alcohol motifs (C(OH)–C–C–N with tert-alkyl or cyclic N) is 1. The summed E-state index contributed by atoms with van der Waals surface area (Å²) in [6.07, 6.45) is 3.49. The van der Waals surface area contributed by atoms with Crippen LogP contribution in [-0.4, -0.2) is 42.3 Å². The van der Waals surface area contributed by atoms with Crippen molar-refractivity contribution in [1.29, 1.82) is 0 Å². The second-order valence-electron chi connectivity index (χ2n) is 4.18. The first kappa shape index (κ1) is 11.0. The summed E-state index contributed by atoms with van der Waals surface area (Å²) in [4.78, 5) is 2.35. The lowest BCUT2D eigenvalue weighted by atomic mass is 10.0. The summed E-state index contributed by atoms with van der Waals surface area (Å²) in [7, 11) is 0. The molecule has 0 aliphatic carbocycles. The molecule has 0 aromatic carbocycles. The zero-order valence-electron chi connectivity index (χ0n) is 8.58. The van der Waals surface area contributed by atoms with E-state index in [2.05, 4.69) is 4.90 Å². The molecular weight excluding hydrogens is 164 g/mol. The Hall–Kier alpha value is -0.120. The Balaban J connectivity index is 2.27. The molecular formula is C10H22N2O. The first-order valence-corrected chi connectivity index (χ1v) is 5.33. The molecule has 1 rings (SSSR count). The van der Waals surface area contributed by atoms with Crippen LogP contribution in [0, 0.1) is 5.92 Å². The number of nitrogens with two attached hydrogens (primary N) is 1. The molecule has 1 fully saturated rings. The van der Waals surface area contributed by atoms with Crippen molar-refractivity contribution >= 4 is 0 Å². The van der Waals surface area contributed by atoms with E-state index in [1.54, 1.807) is 0 Å². The van der Waals surface area contributed by atoms with Gasteiger partial charge >= 0.3 is 0 Å². The number of aliphatic hydroxyl groups excluding tert-OH is 1. The molecule has 0 aromatic rings. The monoisotopic (exact) mass is 186 g/mol. The van der Waals surface area contributed by atoms with E-state index >= 15 is 0 Å². The van der Waals surface area contributed by atoms with Crippen LogP contribution < -0.4 is 5.73 Å². The smallest absolute Gasteiger partial charge is 0.0639 e. The fourth-order valence-electron chi connectivity index (χ4n) is 2.02.